The van der Waals surface area contributed by atoms with E-state index in [1.165, 1.54) is 0 Å². The van der Waals surface area contributed by atoms with Crippen LogP contribution in [0.2, 0.25) is 5.02 Å². The Morgan fingerprint density at radius 1 is 0.824 bits per heavy atom. The number of rotatable bonds is 6. The molecule has 0 amide bonds. The van der Waals surface area contributed by atoms with Crippen molar-refractivity contribution in [1.29, 1.82) is 0 Å². The molecule has 0 fully saturated rings. The minimum atomic E-state index is -0.0720. The molecule has 0 saturated heterocycles. The standard InChI is InChI=1S/C30H22ClNO2/c1-34-24-17-11-20(12-18-24)19-26-25-9-5-6-10-27(25)32-29(21-7-3-2-4-8-21)28(26)30(33)22-13-15-23(31)16-14-22/h2-18H,19H2,1H3. The van der Waals surface area contributed by atoms with Gasteiger partial charge in [0.15, 0.2) is 5.78 Å². The summed E-state index contributed by atoms with van der Waals surface area (Å²) in [6.45, 7) is 0. The van der Waals surface area contributed by atoms with Gasteiger partial charge in [0.25, 0.3) is 0 Å². The summed E-state index contributed by atoms with van der Waals surface area (Å²) in [6, 6.07) is 32.9. The van der Waals surface area contributed by atoms with Crippen LogP contribution >= 0.6 is 11.6 Å². The van der Waals surface area contributed by atoms with E-state index in [2.05, 4.69) is 0 Å². The summed E-state index contributed by atoms with van der Waals surface area (Å²) in [5, 5.41) is 1.56. The van der Waals surface area contributed by atoms with Crippen LogP contribution in [0.4, 0.5) is 0 Å². The molecule has 0 radical (unpaired) electrons. The molecule has 3 nitrogen and oxygen atoms in total. The predicted molar refractivity (Wildman–Crippen MR) is 138 cm³/mol. The summed E-state index contributed by atoms with van der Waals surface area (Å²) in [6.07, 6.45) is 0.585. The van der Waals surface area contributed by atoms with Crippen molar-refractivity contribution in [2.24, 2.45) is 0 Å². The first-order valence-corrected chi connectivity index (χ1v) is 11.4. The van der Waals surface area contributed by atoms with Crippen molar-refractivity contribution in [3.05, 3.63) is 130 Å². The quantitative estimate of drug-likeness (QED) is 0.246. The number of aromatic nitrogens is 1. The Hall–Kier alpha value is -3.95. The molecule has 0 aliphatic carbocycles. The minimum absolute atomic E-state index is 0.0720. The number of hydrogen-bond acceptors (Lipinski definition) is 3. The monoisotopic (exact) mass is 463 g/mol. The van der Waals surface area contributed by atoms with Crippen molar-refractivity contribution in [1.82, 2.24) is 4.98 Å². The van der Waals surface area contributed by atoms with Crippen LogP contribution in [0.1, 0.15) is 27.0 Å². The highest BCUT2D eigenvalue weighted by atomic mass is 35.5. The number of carbonyl (C=O) groups excluding carboxylic acids is 1. The zero-order valence-corrected chi connectivity index (χ0v) is 19.4. The van der Waals surface area contributed by atoms with E-state index in [4.69, 9.17) is 21.3 Å². The lowest BCUT2D eigenvalue weighted by Crippen LogP contribution is -2.11. The molecule has 4 aromatic carbocycles. The van der Waals surface area contributed by atoms with Crippen molar-refractivity contribution in [3.8, 4) is 17.0 Å². The molecule has 0 N–H and O–H groups in total. The maximum Gasteiger partial charge on any atom is 0.195 e. The maximum atomic E-state index is 14.0. The largest absolute Gasteiger partial charge is 0.497 e. The number of fused-ring (bicyclic) bond motifs is 1. The molecule has 0 spiro atoms. The third-order valence-corrected chi connectivity index (χ3v) is 6.17. The fourth-order valence-corrected chi connectivity index (χ4v) is 4.33. The minimum Gasteiger partial charge on any atom is -0.497 e. The molecule has 5 rings (SSSR count). The van der Waals surface area contributed by atoms with Gasteiger partial charge in [-0.3, -0.25) is 4.79 Å². The third-order valence-electron chi connectivity index (χ3n) is 5.92. The molecule has 0 atom stereocenters. The van der Waals surface area contributed by atoms with E-state index >= 15 is 0 Å². The molecule has 166 valence electrons. The Kier molecular flexibility index (Phi) is 6.11. The van der Waals surface area contributed by atoms with Crippen molar-refractivity contribution >= 4 is 28.3 Å². The molecule has 1 heterocycles. The van der Waals surface area contributed by atoms with Gasteiger partial charge in [0.2, 0.25) is 0 Å². The number of pyridine rings is 1. The van der Waals surface area contributed by atoms with Crippen LogP contribution in [0.25, 0.3) is 22.2 Å². The van der Waals surface area contributed by atoms with Gasteiger partial charge in [-0.05, 0) is 60.0 Å². The Labute approximate surface area is 203 Å². The summed E-state index contributed by atoms with van der Waals surface area (Å²) in [7, 11) is 1.65. The van der Waals surface area contributed by atoms with Crippen molar-refractivity contribution in [3.63, 3.8) is 0 Å². The van der Waals surface area contributed by atoms with Crippen molar-refractivity contribution in [2.75, 3.05) is 7.11 Å². The van der Waals surface area contributed by atoms with Crippen LogP contribution in [-0.2, 0) is 6.42 Å². The second-order valence-corrected chi connectivity index (χ2v) is 8.49. The summed E-state index contributed by atoms with van der Waals surface area (Å²) in [5.41, 5.74) is 5.68. The van der Waals surface area contributed by atoms with Gasteiger partial charge in [-0.15, -0.1) is 0 Å². The fraction of sp³-hybridized carbons (Fsp3) is 0.0667. The molecule has 4 heteroatoms. The number of nitrogens with zero attached hydrogens (tertiary/aromatic N) is 1. The lowest BCUT2D eigenvalue weighted by Gasteiger charge is -2.17. The normalized spacial score (nSPS) is 10.9. The number of methoxy groups -OCH3 is 1. The van der Waals surface area contributed by atoms with Crippen LogP contribution in [0.5, 0.6) is 5.75 Å². The van der Waals surface area contributed by atoms with Gasteiger partial charge >= 0.3 is 0 Å². The number of benzene rings is 4. The van der Waals surface area contributed by atoms with E-state index < -0.39 is 0 Å². The Bertz CT molecular complexity index is 1460. The first-order chi connectivity index (χ1) is 16.6. The third kappa shape index (κ3) is 4.30. The molecular formula is C30H22ClNO2. The van der Waals surface area contributed by atoms with E-state index in [0.29, 0.717) is 28.3 Å². The Morgan fingerprint density at radius 3 is 2.21 bits per heavy atom. The molecule has 0 bridgehead atoms. The van der Waals surface area contributed by atoms with E-state index in [9.17, 15) is 4.79 Å². The smallest absolute Gasteiger partial charge is 0.195 e. The first kappa shape index (κ1) is 21.9. The number of para-hydroxylation sites is 1. The highest BCUT2D eigenvalue weighted by Crippen LogP contribution is 2.34. The van der Waals surface area contributed by atoms with Crippen LogP contribution in [-0.4, -0.2) is 17.9 Å². The van der Waals surface area contributed by atoms with Crippen molar-refractivity contribution in [2.45, 2.75) is 6.42 Å². The zero-order valence-electron chi connectivity index (χ0n) is 18.7. The number of ketones is 1. The summed E-state index contributed by atoms with van der Waals surface area (Å²) < 4.78 is 5.32. The molecule has 0 unspecified atom stereocenters. The highest BCUT2D eigenvalue weighted by molar-refractivity contribution is 6.30. The van der Waals surface area contributed by atoms with Gasteiger partial charge in [0, 0.05) is 21.5 Å². The van der Waals surface area contributed by atoms with Gasteiger partial charge in [0.1, 0.15) is 5.75 Å². The number of carbonyl (C=O) groups is 1. The number of halogens is 1. The van der Waals surface area contributed by atoms with Crippen LogP contribution < -0.4 is 4.74 Å². The molecule has 0 saturated carbocycles. The topological polar surface area (TPSA) is 39.2 Å². The van der Waals surface area contributed by atoms with E-state index in [0.717, 1.165) is 33.3 Å². The molecule has 1 aromatic heterocycles. The van der Waals surface area contributed by atoms with Gasteiger partial charge in [-0.1, -0.05) is 72.3 Å². The van der Waals surface area contributed by atoms with E-state index in [1.807, 2.05) is 78.9 Å². The average Bonchev–Trinajstić information content (AvgIpc) is 2.89. The highest BCUT2D eigenvalue weighted by Gasteiger charge is 2.23. The van der Waals surface area contributed by atoms with Crippen LogP contribution in [0.3, 0.4) is 0 Å². The second-order valence-electron chi connectivity index (χ2n) is 8.06. The summed E-state index contributed by atoms with van der Waals surface area (Å²) in [4.78, 5) is 19.0. The number of hydrogen-bond donors (Lipinski definition) is 0. The van der Waals surface area contributed by atoms with Gasteiger partial charge in [-0.2, -0.15) is 0 Å². The zero-order chi connectivity index (χ0) is 23.5. The number of ether oxygens (including phenoxy) is 1. The molecular weight excluding hydrogens is 442 g/mol. The van der Waals surface area contributed by atoms with E-state index in [1.54, 1.807) is 31.4 Å². The van der Waals surface area contributed by atoms with Crippen molar-refractivity contribution < 1.29 is 9.53 Å². The predicted octanol–water partition coefficient (Wildman–Crippen LogP) is 7.39. The lowest BCUT2D eigenvalue weighted by atomic mass is 9.88. The van der Waals surface area contributed by atoms with Gasteiger partial charge in [-0.25, -0.2) is 4.98 Å². The second kappa shape index (κ2) is 9.50. The average molecular weight is 464 g/mol. The van der Waals surface area contributed by atoms with Gasteiger partial charge in [0.05, 0.1) is 23.9 Å². The Balaban J connectivity index is 1.78. The summed E-state index contributed by atoms with van der Waals surface area (Å²) >= 11 is 6.10. The molecule has 0 aliphatic heterocycles. The lowest BCUT2D eigenvalue weighted by molar-refractivity contribution is 0.103. The Morgan fingerprint density at radius 2 is 1.50 bits per heavy atom. The van der Waals surface area contributed by atoms with E-state index in [-0.39, 0.29) is 5.78 Å². The van der Waals surface area contributed by atoms with Crippen LogP contribution in [0.15, 0.2) is 103 Å². The first-order valence-electron chi connectivity index (χ1n) is 11.0. The molecule has 0 aliphatic rings. The maximum absolute atomic E-state index is 14.0. The fourth-order valence-electron chi connectivity index (χ4n) is 4.21. The summed E-state index contributed by atoms with van der Waals surface area (Å²) in [5.74, 6) is 0.725. The molecule has 34 heavy (non-hydrogen) atoms. The van der Waals surface area contributed by atoms with Gasteiger partial charge < -0.3 is 4.74 Å². The molecule has 5 aromatic rings. The SMILES string of the molecule is COc1ccc(Cc2c(C(=O)c3ccc(Cl)cc3)c(-c3ccccc3)nc3ccccc23)cc1. The van der Waals surface area contributed by atoms with Crippen LogP contribution in [0, 0.1) is 0 Å².